The molecule has 0 spiro atoms. The highest BCUT2D eigenvalue weighted by molar-refractivity contribution is 7.98. The summed E-state index contributed by atoms with van der Waals surface area (Å²) in [6.45, 7) is 2.05. The first-order valence-corrected chi connectivity index (χ1v) is 7.89. The maximum absolute atomic E-state index is 12.7. The highest BCUT2D eigenvalue weighted by atomic mass is 32.2. The number of thioether (sulfide) groups is 1. The number of ether oxygens (including phenoxy) is 1. The van der Waals surface area contributed by atoms with E-state index in [0.29, 0.717) is 0 Å². The number of carbonyl (C=O) groups excluding carboxylic acids is 1. The molecule has 1 heterocycles. The van der Waals surface area contributed by atoms with E-state index < -0.39 is 0 Å². The van der Waals surface area contributed by atoms with Gasteiger partial charge in [0.25, 0.3) is 0 Å². The third-order valence-electron chi connectivity index (χ3n) is 3.51. The summed E-state index contributed by atoms with van der Waals surface area (Å²) in [6, 6.07) is 13.5. The summed E-state index contributed by atoms with van der Waals surface area (Å²) >= 11 is 1.60. The van der Waals surface area contributed by atoms with Gasteiger partial charge in [-0.3, -0.25) is 4.79 Å². The van der Waals surface area contributed by atoms with Crippen LogP contribution in [0.15, 0.2) is 47.4 Å². The number of hydrogen-bond donors (Lipinski definition) is 0. The Labute approximate surface area is 123 Å². The molecule has 0 aliphatic carbocycles. The number of carbonyl (C=O) groups is 1. The Bertz CT molecular complexity index is 664. The fourth-order valence-corrected chi connectivity index (χ4v) is 3.15. The molecule has 1 atom stereocenters. The zero-order chi connectivity index (χ0) is 14.1. The van der Waals surface area contributed by atoms with Gasteiger partial charge in [-0.05, 0) is 49.1 Å². The predicted molar refractivity (Wildman–Crippen MR) is 81.9 cm³/mol. The number of fused-ring (bicyclic) bond motifs is 1. The second-order valence-corrected chi connectivity index (χ2v) is 5.83. The van der Waals surface area contributed by atoms with Crippen molar-refractivity contribution in [3.8, 4) is 5.75 Å². The number of benzene rings is 2. The fourth-order valence-electron chi connectivity index (χ4n) is 2.55. The molecule has 2 aromatic rings. The van der Waals surface area contributed by atoms with Crippen LogP contribution < -0.4 is 4.74 Å². The third kappa shape index (κ3) is 2.34. The van der Waals surface area contributed by atoms with E-state index in [9.17, 15) is 4.79 Å². The predicted octanol–water partition coefficient (Wildman–Crippen LogP) is 3.96. The van der Waals surface area contributed by atoms with E-state index in [4.69, 9.17) is 4.74 Å². The van der Waals surface area contributed by atoms with E-state index in [2.05, 4.69) is 0 Å². The standard InChI is InChI=1S/C17H16O2S/c1-11-9-13-10-12(7-8-15(13)19-11)17(18)14-5-3-4-6-16(14)20-2/h3-8,10-11H,9H2,1-2H3. The van der Waals surface area contributed by atoms with Crippen LogP contribution in [0.1, 0.15) is 28.4 Å². The van der Waals surface area contributed by atoms with Crippen molar-refractivity contribution < 1.29 is 9.53 Å². The van der Waals surface area contributed by atoms with Gasteiger partial charge in [-0.15, -0.1) is 11.8 Å². The molecule has 0 aromatic heterocycles. The Morgan fingerprint density at radius 2 is 2.05 bits per heavy atom. The average Bonchev–Trinajstić information content (AvgIpc) is 2.85. The maximum Gasteiger partial charge on any atom is 0.194 e. The number of rotatable bonds is 3. The summed E-state index contributed by atoms with van der Waals surface area (Å²) in [4.78, 5) is 13.7. The SMILES string of the molecule is CSc1ccccc1C(=O)c1ccc2c(c1)CC(C)O2. The molecule has 0 saturated heterocycles. The van der Waals surface area contributed by atoms with Crippen LogP contribution in [0, 0.1) is 0 Å². The molecule has 0 fully saturated rings. The van der Waals surface area contributed by atoms with Gasteiger partial charge in [0.1, 0.15) is 11.9 Å². The number of hydrogen-bond acceptors (Lipinski definition) is 3. The van der Waals surface area contributed by atoms with Crippen LogP contribution in [0.3, 0.4) is 0 Å². The minimum Gasteiger partial charge on any atom is -0.490 e. The van der Waals surface area contributed by atoms with Crippen LogP contribution in [0.4, 0.5) is 0 Å². The van der Waals surface area contributed by atoms with Crippen molar-refractivity contribution >= 4 is 17.5 Å². The lowest BCUT2D eigenvalue weighted by Crippen LogP contribution is -2.05. The molecule has 3 heteroatoms. The van der Waals surface area contributed by atoms with E-state index in [-0.39, 0.29) is 11.9 Å². The van der Waals surface area contributed by atoms with Crippen molar-refractivity contribution in [2.45, 2.75) is 24.3 Å². The summed E-state index contributed by atoms with van der Waals surface area (Å²) in [5.74, 6) is 0.990. The summed E-state index contributed by atoms with van der Waals surface area (Å²) in [7, 11) is 0. The van der Waals surface area contributed by atoms with Crippen LogP contribution in [-0.2, 0) is 6.42 Å². The van der Waals surface area contributed by atoms with Crippen LogP contribution in [0.25, 0.3) is 0 Å². The van der Waals surface area contributed by atoms with Crippen molar-refractivity contribution in [1.29, 1.82) is 0 Å². The Balaban J connectivity index is 1.97. The molecule has 3 rings (SSSR count). The van der Waals surface area contributed by atoms with Crippen molar-refractivity contribution in [3.05, 3.63) is 59.2 Å². The summed E-state index contributed by atoms with van der Waals surface area (Å²) in [6.07, 6.45) is 3.07. The van der Waals surface area contributed by atoms with E-state index in [1.807, 2.05) is 55.6 Å². The van der Waals surface area contributed by atoms with E-state index >= 15 is 0 Å². The smallest absolute Gasteiger partial charge is 0.194 e. The Morgan fingerprint density at radius 3 is 2.85 bits per heavy atom. The summed E-state index contributed by atoms with van der Waals surface area (Å²) in [5.41, 5.74) is 2.64. The zero-order valence-corrected chi connectivity index (χ0v) is 12.4. The number of ketones is 1. The zero-order valence-electron chi connectivity index (χ0n) is 11.6. The molecule has 1 unspecified atom stereocenters. The van der Waals surface area contributed by atoms with Crippen molar-refractivity contribution in [2.75, 3.05) is 6.26 Å². The maximum atomic E-state index is 12.7. The van der Waals surface area contributed by atoms with E-state index in [0.717, 1.165) is 33.8 Å². The normalized spacial score (nSPS) is 16.6. The van der Waals surface area contributed by atoms with Gasteiger partial charge in [0, 0.05) is 22.4 Å². The molecule has 1 aliphatic rings. The van der Waals surface area contributed by atoms with E-state index in [1.165, 1.54) is 0 Å². The molecule has 0 amide bonds. The van der Waals surface area contributed by atoms with Gasteiger partial charge in [-0.1, -0.05) is 12.1 Å². The lowest BCUT2D eigenvalue weighted by molar-refractivity contribution is 0.103. The van der Waals surface area contributed by atoms with Crippen molar-refractivity contribution in [1.82, 2.24) is 0 Å². The minimum absolute atomic E-state index is 0.0808. The molecule has 0 saturated carbocycles. The van der Waals surface area contributed by atoms with Gasteiger partial charge in [0.05, 0.1) is 0 Å². The lowest BCUT2D eigenvalue weighted by Gasteiger charge is -2.07. The second kappa shape index (κ2) is 5.33. The molecular weight excluding hydrogens is 268 g/mol. The summed E-state index contributed by atoms with van der Waals surface area (Å²) < 4.78 is 5.68. The quantitative estimate of drug-likeness (QED) is 0.630. The molecular formula is C17H16O2S. The Morgan fingerprint density at radius 1 is 1.25 bits per heavy atom. The first kappa shape index (κ1) is 13.3. The highest BCUT2D eigenvalue weighted by Gasteiger charge is 2.21. The van der Waals surface area contributed by atoms with Gasteiger partial charge < -0.3 is 4.74 Å². The van der Waals surface area contributed by atoms with Crippen molar-refractivity contribution in [2.24, 2.45) is 0 Å². The molecule has 20 heavy (non-hydrogen) atoms. The van der Waals surface area contributed by atoms with Crippen LogP contribution >= 0.6 is 11.8 Å². The van der Waals surface area contributed by atoms with Crippen LogP contribution in [0.5, 0.6) is 5.75 Å². The van der Waals surface area contributed by atoms with E-state index in [1.54, 1.807) is 11.8 Å². The first-order chi connectivity index (χ1) is 9.69. The monoisotopic (exact) mass is 284 g/mol. The largest absolute Gasteiger partial charge is 0.490 e. The average molecular weight is 284 g/mol. The van der Waals surface area contributed by atoms with Crippen LogP contribution in [-0.4, -0.2) is 18.1 Å². The topological polar surface area (TPSA) is 26.3 Å². The fraction of sp³-hybridized carbons (Fsp3) is 0.235. The Hall–Kier alpha value is -1.74. The third-order valence-corrected chi connectivity index (χ3v) is 4.31. The van der Waals surface area contributed by atoms with Gasteiger partial charge in [0.15, 0.2) is 5.78 Å². The molecule has 102 valence electrons. The molecule has 2 aromatic carbocycles. The van der Waals surface area contributed by atoms with Gasteiger partial charge in [-0.2, -0.15) is 0 Å². The molecule has 0 radical (unpaired) electrons. The Kier molecular flexibility index (Phi) is 3.53. The summed E-state index contributed by atoms with van der Waals surface area (Å²) in [5, 5.41) is 0. The van der Waals surface area contributed by atoms with Gasteiger partial charge in [0.2, 0.25) is 0 Å². The second-order valence-electron chi connectivity index (χ2n) is 4.98. The molecule has 2 nitrogen and oxygen atoms in total. The first-order valence-electron chi connectivity index (χ1n) is 6.66. The molecule has 0 bridgehead atoms. The van der Waals surface area contributed by atoms with Crippen LogP contribution in [0.2, 0.25) is 0 Å². The van der Waals surface area contributed by atoms with Gasteiger partial charge in [-0.25, -0.2) is 0 Å². The van der Waals surface area contributed by atoms with Gasteiger partial charge >= 0.3 is 0 Å². The lowest BCUT2D eigenvalue weighted by atomic mass is 10.00. The highest BCUT2D eigenvalue weighted by Crippen LogP contribution is 2.31. The molecule has 0 N–H and O–H groups in total. The minimum atomic E-state index is 0.0808. The molecule has 1 aliphatic heterocycles. The van der Waals surface area contributed by atoms with Crippen molar-refractivity contribution in [3.63, 3.8) is 0 Å².